The van der Waals surface area contributed by atoms with Crippen molar-refractivity contribution in [2.24, 2.45) is 0 Å². The fourth-order valence-electron chi connectivity index (χ4n) is 2.10. The molecule has 0 heterocycles. The Balaban J connectivity index is 1.71. The van der Waals surface area contributed by atoms with Crippen molar-refractivity contribution in [2.75, 3.05) is 19.8 Å². The molecule has 0 fully saturated rings. The Hall–Kier alpha value is -3.26. The lowest BCUT2D eigenvalue weighted by molar-refractivity contribution is -0.129. The molecule has 3 N–H and O–H groups in total. The summed E-state index contributed by atoms with van der Waals surface area (Å²) in [6, 6.07) is 13.2. The highest BCUT2D eigenvalue weighted by molar-refractivity contribution is 6.30. The maximum Gasteiger partial charge on any atom is 0.276 e. The van der Waals surface area contributed by atoms with E-state index in [1.807, 2.05) is 6.92 Å². The maximum atomic E-state index is 11.9. The summed E-state index contributed by atoms with van der Waals surface area (Å²) in [5.41, 5.74) is 4.71. The van der Waals surface area contributed by atoms with E-state index in [1.54, 1.807) is 42.5 Å². The number of ether oxygens (including phenoxy) is 2. The summed E-state index contributed by atoms with van der Waals surface area (Å²) in [6.07, 6.45) is 0. The minimum atomic E-state index is -0.599. The van der Waals surface area contributed by atoms with Gasteiger partial charge in [0.25, 0.3) is 17.7 Å². The fourth-order valence-corrected chi connectivity index (χ4v) is 2.29. The minimum absolute atomic E-state index is 0.320. The largest absolute Gasteiger partial charge is 0.490 e. The molecule has 2 aromatic carbocycles. The van der Waals surface area contributed by atoms with Crippen molar-refractivity contribution in [3.05, 3.63) is 59.1 Å². The molecule has 9 heteroatoms. The van der Waals surface area contributed by atoms with Crippen LogP contribution in [-0.2, 0) is 9.59 Å². The van der Waals surface area contributed by atoms with Crippen LogP contribution in [0.3, 0.4) is 0 Å². The van der Waals surface area contributed by atoms with Crippen LogP contribution in [0.2, 0.25) is 5.02 Å². The van der Waals surface area contributed by atoms with Crippen LogP contribution in [0.25, 0.3) is 0 Å². The van der Waals surface area contributed by atoms with Crippen LogP contribution in [0, 0.1) is 0 Å². The van der Waals surface area contributed by atoms with Crippen LogP contribution in [0.5, 0.6) is 11.5 Å². The van der Waals surface area contributed by atoms with Gasteiger partial charge in [0.2, 0.25) is 0 Å². The van der Waals surface area contributed by atoms with Gasteiger partial charge in [-0.3, -0.25) is 25.2 Å². The van der Waals surface area contributed by atoms with Crippen molar-refractivity contribution in [1.29, 1.82) is 0 Å². The van der Waals surface area contributed by atoms with Gasteiger partial charge in [0.1, 0.15) is 0 Å². The van der Waals surface area contributed by atoms with E-state index in [0.29, 0.717) is 28.7 Å². The lowest BCUT2D eigenvalue weighted by atomic mass is 10.2. The number of carbonyl (C=O) groups is 3. The summed E-state index contributed by atoms with van der Waals surface area (Å²) in [7, 11) is 0. The quantitative estimate of drug-likeness (QED) is 0.579. The third-order valence-electron chi connectivity index (χ3n) is 3.35. The van der Waals surface area contributed by atoms with Crippen molar-refractivity contribution < 1.29 is 23.9 Å². The molecule has 0 aliphatic rings. The number of hydrogen-bond donors (Lipinski definition) is 3. The molecule has 0 bridgehead atoms. The second-order valence-corrected chi connectivity index (χ2v) is 5.89. The minimum Gasteiger partial charge on any atom is -0.490 e. The predicted octanol–water partition coefficient (Wildman–Crippen LogP) is 1.69. The number of benzene rings is 2. The van der Waals surface area contributed by atoms with E-state index in [1.165, 1.54) is 6.07 Å². The first-order valence-electron chi connectivity index (χ1n) is 8.45. The van der Waals surface area contributed by atoms with E-state index in [2.05, 4.69) is 16.2 Å². The molecular formula is C19H20ClN3O5. The number of carbonyl (C=O) groups excluding carboxylic acids is 3. The van der Waals surface area contributed by atoms with Gasteiger partial charge in [0.05, 0.1) is 13.2 Å². The summed E-state index contributed by atoms with van der Waals surface area (Å²) in [5.74, 6) is -0.690. The van der Waals surface area contributed by atoms with E-state index in [-0.39, 0.29) is 13.2 Å². The van der Waals surface area contributed by atoms with Crippen molar-refractivity contribution in [1.82, 2.24) is 16.2 Å². The molecule has 0 saturated heterocycles. The Labute approximate surface area is 167 Å². The number of rotatable bonds is 8. The molecular weight excluding hydrogens is 386 g/mol. The molecule has 0 aliphatic carbocycles. The molecule has 0 aliphatic heterocycles. The first-order chi connectivity index (χ1) is 13.5. The van der Waals surface area contributed by atoms with Gasteiger partial charge in [-0.05, 0) is 37.3 Å². The molecule has 0 spiro atoms. The Bertz CT molecular complexity index is 844. The van der Waals surface area contributed by atoms with Gasteiger partial charge >= 0.3 is 0 Å². The van der Waals surface area contributed by atoms with Crippen molar-refractivity contribution in [3.63, 3.8) is 0 Å². The maximum absolute atomic E-state index is 11.9. The number of para-hydroxylation sites is 2. The normalized spacial score (nSPS) is 9.93. The van der Waals surface area contributed by atoms with E-state index in [0.717, 1.165) is 0 Å². The molecule has 0 radical (unpaired) electrons. The molecule has 3 amide bonds. The third-order valence-corrected chi connectivity index (χ3v) is 3.58. The summed E-state index contributed by atoms with van der Waals surface area (Å²) in [5, 5.41) is 2.83. The van der Waals surface area contributed by atoms with Gasteiger partial charge in [-0.2, -0.15) is 0 Å². The fraction of sp³-hybridized carbons (Fsp3) is 0.211. The molecule has 28 heavy (non-hydrogen) atoms. The number of amides is 3. The summed E-state index contributed by atoms with van der Waals surface area (Å²) < 4.78 is 10.8. The molecule has 0 saturated carbocycles. The van der Waals surface area contributed by atoms with Crippen LogP contribution >= 0.6 is 11.6 Å². The molecule has 0 unspecified atom stereocenters. The number of hydrazine groups is 1. The first kappa shape index (κ1) is 21.0. The second-order valence-electron chi connectivity index (χ2n) is 5.46. The zero-order valence-electron chi connectivity index (χ0n) is 15.2. The lowest BCUT2D eigenvalue weighted by Crippen LogP contribution is -2.47. The van der Waals surface area contributed by atoms with Crippen LogP contribution in [-0.4, -0.2) is 37.5 Å². The van der Waals surface area contributed by atoms with Gasteiger partial charge in [0, 0.05) is 10.6 Å². The summed E-state index contributed by atoms with van der Waals surface area (Å²) in [4.78, 5) is 35.4. The van der Waals surface area contributed by atoms with Crippen LogP contribution < -0.4 is 25.6 Å². The van der Waals surface area contributed by atoms with Crippen LogP contribution in [0.4, 0.5) is 0 Å². The van der Waals surface area contributed by atoms with Gasteiger partial charge in [-0.1, -0.05) is 29.8 Å². The summed E-state index contributed by atoms with van der Waals surface area (Å²) in [6.45, 7) is 1.66. The predicted molar refractivity (Wildman–Crippen MR) is 103 cm³/mol. The smallest absolute Gasteiger partial charge is 0.276 e. The highest BCUT2D eigenvalue weighted by Gasteiger charge is 2.10. The van der Waals surface area contributed by atoms with Gasteiger partial charge < -0.3 is 14.8 Å². The van der Waals surface area contributed by atoms with Crippen molar-refractivity contribution in [3.8, 4) is 11.5 Å². The Morgan fingerprint density at radius 3 is 2.29 bits per heavy atom. The lowest BCUT2D eigenvalue weighted by Gasteiger charge is -2.12. The monoisotopic (exact) mass is 405 g/mol. The third kappa shape index (κ3) is 6.81. The highest BCUT2D eigenvalue weighted by atomic mass is 35.5. The Morgan fingerprint density at radius 1 is 0.929 bits per heavy atom. The van der Waals surface area contributed by atoms with Crippen LogP contribution in [0.1, 0.15) is 17.3 Å². The molecule has 148 valence electrons. The van der Waals surface area contributed by atoms with Crippen molar-refractivity contribution in [2.45, 2.75) is 6.92 Å². The second kappa shape index (κ2) is 10.8. The van der Waals surface area contributed by atoms with Crippen molar-refractivity contribution >= 4 is 29.3 Å². The zero-order chi connectivity index (χ0) is 20.4. The summed E-state index contributed by atoms with van der Waals surface area (Å²) >= 11 is 5.81. The molecule has 8 nitrogen and oxygen atoms in total. The first-order valence-corrected chi connectivity index (χ1v) is 8.83. The molecule has 0 atom stereocenters. The number of halogens is 1. The average Bonchev–Trinajstić information content (AvgIpc) is 2.70. The SMILES string of the molecule is CCOc1ccccc1OCC(=O)NNC(=O)CNC(=O)c1cccc(Cl)c1. The van der Waals surface area contributed by atoms with E-state index in [9.17, 15) is 14.4 Å². The average molecular weight is 406 g/mol. The molecule has 0 aromatic heterocycles. The molecule has 2 aromatic rings. The van der Waals surface area contributed by atoms with E-state index < -0.39 is 17.7 Å². The Kier molecular flexibility index (Phi) is 8.11. The number of hydrogen-bond acceptors (Lipinski definition) is 5. The van der Waals surface area contributed by atoms with E-state index >= 15 is 0 Å². The molecule has 2 rings (SSSR count). The van der Waals surface area contributed by atoms with Gasteiger partial charge in [-0.15, -0.1) is 0 Å². The standard InChI is InChI=1S/C19H20ClN3O5/c1-2-27-15-8-3-4-9-16(15)28-12-18(25)23-22-17(24)11-21-19(26)13-6-5-7-14(20)10-13/h3-10H,2,11-12H2,1H3,(H,21,26)(H,22,24)(H,23,25). The number of nitrogens with one attached hydrogen (secondary N) is 3. The zero-order valence-corrected chi connectivity index (χ0v) is 15.9. The highest BCUT2D eigenvalue weighted by Crippen LogP contribution is 2.26. The van der Waals surface area contributed by atoms with Gasteiger partial charge in [-0.25, -0.2) is 0 Å². The van der Waals surface area contributed by atoms with E-state index in [4.69, 9.17) is 21.1 Å². The topological polar surface area (TPSA) is 106 Å². The van der Waals surface area contributed by atoms with Crippen LogP contribution in [0.15, 0.2) is 48.5 Å². The Morgan fingerprint density at radius 2 is 1.61 bits per heavy atom. The van der Waals surface area contributed by atoms with Gasteiger partial charge in [0.15, 0.2) is 18.1 Å².